The Balaban J connectivity index is 0.000000291. The second-order valence-electron chi connectivity index (χ2n) is 1.04. The Morgan fingerprint density at radius 3 is 2.00 bits per heavy atom. The van der Waals surface area contributed by atoms with Gasteiger partial charge in [-0.05, 0) is 11.4 Å². The zero-order valence-electron chi connectivity index (χ0n) is 5.32. The number of rotatable bonds is 0. The SMILES string of the molecule is CC.Fc1ccsc1F. The van der Waals surface area contributed by atoms with Gasteiger partial charge < -0.3 is 0 Å². The van der Waals surface area contributed by atoms with E-state index in [9.17, 15) is 8.78 Å². The zero-order valence-corrected chi connectivity index (χ0v) is 6.14. The number of halogens is 2. The molecule has 0 nitrogen and oxygen atoms in total. The predicted octanol–water partition coefficient (Wildman–Crippen LogP) is 3.05. The van der Waals surface area contributed by atoms with E-state index in [1.807, 2.05) is 13.8 Å². The Kier molecular flexibility index (Phi) is 4.22. The van der Waals surface area contributed by atoms with E-state index in [1.54, 1.807) is 0 Å². The van der Waals surface area contributed by atoms with Crippen molar-refractivity contribution in [1.82, 2.24) is 0 Å². The van der Waals surface area contributed by atoms with Crippen LogP contribution in [0.1, 0.15) is 13.8 Å². The lowest BCUT2D eigenvalue weighted by atomic mass is 10.6. The molecule has 0 aliphatic rings. The summed E-state index contributed by atoms with van der Waals surface area (Å²) in [5.74, 6) is -0.759. The third kappa shape index (κ3) is 2.56. The molecule has 0 fully saturated rings. The second kappa shape index (κ2) is 4.44. The molecule has 1 aromatic heterocycles. The minimum atomic E-state index is -0.759. The summed E-state index contributed by atoms with van der Waals surface area (Å²) in [5, 5.41) is 0.630. The van der Waals surface area contributed by atoms with Gasteiger partial charge >= 0.3 is 0 Å². The van der Waals surface area contributed by atoms with E-state index < -0.39 is 10.9 Å². The largest absolute Gasteiger partial charge is 0.212 e. The fraction of sp³-hybridized carbons (Fsp3) is 0.333. The van der Waals surface area contributed by atoms with Gasteiger partial charge in [0.2, 0.25) is 5.13 Å². The van der Waals surface area contributed by atoms with Crippen molar-refractivity contribution < 1.29 is 8.78 Å². The summed E-state index contributed by atoms with van der Waals surface area (Å²) in [6, 6.07) is 1.10. The molecule has 0 bridgehead atoms. The molecule has 1 heterocycles. The summed E-state index contributed by atoms with van der Waals surface area (Å²) in [6.07, 6.45) is 0. The average molecular weight is 150 g/mol. The van der Waals surface area contributed by atoms with Crippen LogP contribution in [0.25, 0.3) is 0 Å². The maximum absolute atomic E-state index is 11.7. The monoisotopic (exact) mass is 150 g/mol. The summed E-state index contributed by atoms with van der Waals surface area (Å²) in [4.78, 5) is 0. The third-order valence-corrected chi connectivity index (χ3v) is 1.25. The van der Waals surface area contributed by atoms with Gasteiger partial charge in [0.25, 0.3) is 0 Å². The van der Waals surface area contributed by atoms with Crippen LogP contribution in [-0.4, -0.2) is 0 Å². The van der Waals surface area contributed by atoms with Crippen LogP contribution in [-0.2, 0) is 0 Å². The first-order valence-electron chi connectivity index (χ1n) is 2.69. The van der Waals surface area contributed by atoms with Gasteiger partial charge in [-0.3, -0.25) is 0 Å². The molecule has 0 aliphatic carbocycles. The molecule has 52 valence electrons. The van der Waals surface area contributed by atoms with Crippen LogP contribution in [0.3, 0.4) is 0 Å². The summed E-state index contributed by atoms with van der Waals surface area (Å²) >= 11 is 0.763. The predicted molar refractivity (Wildman–Crippen MR) is 35.6 cm³/mol. The molecule has 1 aromatic rings. The maximum atomic E-state index is 11.7. The quantitative estimate of drug-likeness (QED) is 0.533. The van der Waals surface area contributed by atoms with Gasteiger partial charge in [-0.15, -0.1) is 11.3 Å². The van der Waals surface area contributed by atoms with Gasteiger partial charge in [0.15, 0.2) is 5.82 Å². The van der Waals surface area contributed by atoms with E-state index in [-0.39, 0.29) is 0 Å². The van der Waals surface area contributed by atoms with Crippen LogP contribution in [0.15, 0.2) is 11.4 Å². The fourth-order valence-corrected chi connectivity index (χ4v) is 0.763. The Bertz CT molecular complexity index is 143. The van der Waals surface area contributed by atoms with Gasteiger partial charge in [-0.25, -0.2) is 4.39 Å². The first-order valence-corrected chi connectivity index (χ1v) is 3.57. The molecule has 0 saturated heterocycles. The molecule has 0 amide bonds. The van der Waals surface area contributed by atoms with Crippen LogP contribution in [0.4, 0.5) is 8.78 Å². The van der Waals surface area contributed by atoms with Crippen molar-refractivity contribution in [3.63, 3.8) is 0 Å². The number of hydrogen-bond donors (Lipinski definition) is 0. The second-order valence-corrected chi connectivity index (χ2v) is 1.91. The molecule has 9 heavy (non-hydrogen) atoms. The molecule has 0 saturated carbocycles. The summed E-state index contributed by atoms with van der Waals surface area (Å²) in [5.41, 5.74) is 0. The van der Waals surface area contributed by atoms with Gasteiger partial charge in [0.05, 0.1) is 0 Å². The lowest BCUT2D eigenvalue weighted by Gasteiger charge is -1.70. The molecular weight excluding hydrogens is 142 g/mol. The first kappa shape index (κ1) is 8.56. The fourth-order valence-electron chi connectivity index (χ4n) is 0.275. The Labute approximate surface area is 57.1 Å². The zero-order chi connectivity index (χ0) is 7.28. The first-order chi connectivity index (χ1) is 4.30. The highest BCUT2D eigenvalue weighted by Gasteiger charge is 1.97. The van der Waals surface area contributed by atoms with Crippen LogP contribution < -0.4 is 0 Å². The summed E-state index contributed by atoms with van der Waals surface area (Å²) in [7, 11) is 0. The van der Waals surface area contributed by atoms with Gasteiger partial charge in [-0.2, -0.15) is 4.39 Å². The Morgan fingerprint density at radius 2 is 1.89 bits per heavy atom. The molecular formula is C6H8F2S. The van der Waals surface area contributed by atoms with Crippen LogP contribution in [0, 0.1) is 10.9 Å². The molecule has 3 heteroatoms. The van der Waals surface area contributed by atoms with Gasteiger partial charge in [-0.1, -0.05) is 13.8 Å². The Morgan fingerprint density at radius 1 is 1.33 bits per heavy atom. The van der Waals surface area contributed by atoms with E-state index >= 15 is 0 Å². The topological polar surface area (TPSA) is 0 Å². The van der Waals surface area contributed by atoms with Gasteiger partial charge in [0, 0.05) is 0 Å². The van der Waals surface area contributed by atoms with Crippen molar-refractivity contribution in [2.24, 2.45) is 0 Å². The molecule has 0 aromatic carbocycles. The highest BCUT2D eigenvalue weighted by Crippen LogP contribution is 2.10. The van der Waals surface area contributed by atoms with E-state index in [4.69, 9.17) is 0 Å². The number of hydrogen-bond acceptors (Lipinski definition) is 1. The maximum Gasteiger partial charge on any atom is 0.212 e. The lowest BCUT2D eigenvalue weighted by molar-refractivity contribution is 0.531. The smallest absolute Gasteiger partial charge is 0.203 e. The third-order valence-electron chi connectivity index (χ3n) is 0.574. The Hall–Kier alpha value is -0.440. The van der Waals surface area contributed by atoms with E-state index in [0.29, 0.717) is 0 Å². The number of thiophene rings is 1. The normalized spacial score (nSPS) is 8.00. The van der Waals surface area contributed by atoms with Crippen molar-refractivity contribution in [1.29, 1.82) is 0 Å². The highest BCUT2D eigenvalue weighted by molar-refractivity contribution is 7.08. The van der Waals surface area contributed by atoms with Crippen molar-refractivity contribution in [3.05, 3.63) is 22.4 Å². The van der Waals surface area contributed by atoms with Crippen LogP contribution in [0.2, 0.25) is 0 Å². The molecule has 1 rings (SSSR count). The molecule has 0 aliphatic heterocycles. The molecule has 0 N–H and O–H groups in total. The molecule has 0 spiro atoms. The highest BCUT2D eigenvalue weighted by atomic mass is 32.1. The molecule has 0 radical (unpaired) electrons. The van der Waals surface area contributed by atoms with Crippen LogP contribution in [0.5, 0.6) is 0 Å². The minimum absolute atomic E-state index is 0.736. The van der Waals surface area contributed by atoms with E-state index in [2.05, 4.69) is 0 Å². The molecule has 0 unspecified atom stereocenters. The van der Waals surface area contributed by atoms with Crippen molar-refractivity contribution in [2.75, 3.05) is 0 Å². The van der Waals surface area contributed by atoms with Crippen LogP contribution >= 0.6 is 11.3 Å². The summed E-state index contributed by atoms with van der Waals surface area (Å²) < 4.78 is 23.4. The minimum Gasteiger partial charge on any atom is -0.203 e. The van der Waals surface area contributed by atoms with Crippen molar-refractivity contribution in [3.8, 4) is 0 Å². The van der Waals surface area contributed by atoms with Gasteiger partial charge in [0.1, 0.15) is 0 Å². The van der Waals surface area contributed by atoms with Crippen molar-refractivity contribution >= 4 is 11.3 Å². The standard InChI is InChI=1S/C4H2F2S.C2H6/c5-3-1-2-7-4(3)6;1-2/h1-2H;1-2H3. The average Bonchev–Trinajstić information content (AvgIpc) is 2.23. The molecule has 0 atom stereocenters. The van der Waals surface area contributed by atoms with E-state index in [1.165, 1.54) is 5.38 Å². The lowest BCUT2D eigenvalue weighted by Crippen LogP contribution is -1.64. The van der Waals surface area contributed by atoms with Crippen molar-refractivity contribution in [2.45, 2.75) is 13.8 Å². The summed E-state index contributed by atoms with van der Waals surface area (Å²) in [6.45, 7) is 4.00. The van der Waals surface area contributed by atoms with E-state index in [0.717, 1.165) is 17.4 Å².